The number of aromatic carboxylic acids is 1. The van der Waals surface area contributed by atoms with Gasteiger partial charge in [0.25, 0.3) is 5.69 Å². The van der Waals surface area contributed by atoms with E-state index < -0.39 is 5.97 Å². The van der Waals surface area contributed by atoms with Crippen molar-refractivity contribution in [3.8, 4) is 0 Å². The number of carbonyl (C=O) groups is 1. The van der Waals surface area contributed by atoms with Crippen molar-refractivity contribution >= 4 is 56.6 Å². The van der Waals surface area contributed by atoms with E-state index in [1.807, 2.05) is 30.3 Å². The molecule has 0 aromatic heterocycles. The molecule has 34 heavy (non-hydrogen) atoms. The Hall–Kier alpha value is -2.55. The van der Waals surface area contributed by atoms with Crippen LogP contribution in [0, 0.1) is 16.0 Å². The number of nitro benzene ring substituents is 1. The molecule has 0 spiro atoms. The van der Waals surface area contributed by atoms with Crippen molar-refractivity contribution < 1.29 is 14.8 Å². The first-order valence-electron chi connectivity index (χ1n) is 10.8. The normalized spacial score (nSPS) is 25.2. The highest BCUT2D eigenvalue weighted by molar-refractivity contribution is 9.10. The number of halogens is 2. The molecular weight excluding hydrogens is 540 g/mol. The first kappa shape index (κ1) is 23.2. The van der Waals surface area contributed by atoms with Crippen LogP contribution in [0.4, 0.5) is 11.4 Å². The van der Waals surface area contributed by atoms with Crippen molar-refractivity contribution in [2.75, 3.05) is 5.32 Å². The molecule has 1 fully saturated rings. The van der Waals surface area contributed by atoms with Crippen LogP contribution >= 0.6 is 39.3 Å². The van der Waals surface area contributed by atoms with E-state index in [2.05, 4.69) is 21.2 Å². The Morgan fingerprint density at radius 1 is 1.12 bits per heavy atom. The van der Waals surface area contributed by atoms with Crippen LogP contribution in [0.25, 0.3) is 0 Å². The number of nitrogens with zero attached hydrogens (tertiary/aromatic N) is 1. The zero-order chi connectivity index (χ0) is 24.0. The molecule has 0 radical (unpaired) electrons. The van der Waals surface area contributed by atoms with Crippen molar-refractivity contribution in [3.05, 3.63) is 98.0 Å². The predicted octanol–water partition coefficient (Wildman–Crippen LogP) is 5.76. The molecule has 2 aliphatic rings. The molecule has 6 nitrogen and oxygen atoms in total. The Bertz CT molecular complexity index is 1290. The Labute approximate surface area is 214 Å². The first-order chi connectivity index (χ1) is 16.3. The number of carboxylic acids is 1. The molecule has 1 saturated carbocycles. The number of alkyl halides is 1. The SMILES string of the molecule is O=C([O-])c1cccc2c1N[C@@H](c1cccc(Br)c1)[C@H]1C[C@@H](Sc3ccccc3[N+](=O)[O-])[C@@H](Cl)[C@@H]21. The van der Waals surface area contributed by atoms with Gasteiger partial charge in [-0.2, -0.15) is 0 Å². The minimum Gasteiger partial charge on any atom is -0.545 e. The second-order valence-electron chi connectivity index (χ2n) is 8.49. The van der Waals surface area contributed by atoms with E-state index in [9.17, 15) is 20.0 Å². The summed E-state index contributed by atoms with van der Waals surface area (Å²) in [4.78, 5) is 23.6. The van der Waals surface area contributed by atoms with Gasteiger partial charge in [0.15, 0.2) is 0 Å². The minimum absolute atomic E-state index is 0.0625. The maximum absolute atomic E-state index is 11.9. The van der Waals surface area contributed by atoms with Crippen LogP contribution in [0.15, 0.2) is 76.1 Å². The third-order valence-electron chi connectivity index (χ3n) is 6.62. The van der Waals surface area contributed by atoms with Crippen molar-refractivity contribution in [3.63, 3.8) is 0 Å². The summed E-state index contributed by atoms with van der Waals surface area (Å²) in [6.45, 7) is 0. The lowest BCUT2D eigenvalue weighted by atomic mass is 9.76. The Morgan fingerprint density at radius 2 is 1.88 bits per heavy atom. The fraction of sp³-hybridized carbons (Fsp3) is 0.240. The standard InChI is InChI=1S/C25H20BrClN2O4S/c26-14-6-3-5-13(11-14)23-17-12-20(34-19-10-2-1-9-18(19)29(32)33)22(27)21(17)15-7-4-8-16(25(30)31)24(15)28-23/h1-11,17,20-23,28H,12H2,(H,30,31)/p-1/t17-,20+,21-,22+,23-/m0/s1. The van der Waals surface area contributed by atoms with Gasteiger partial charge in [0, 0.05) is 33.0 Å². The molecule has 3 aromatic carbocycles. The van der Waals surface area contributed by atoms with Crippen molar-refractivity contribution in [1.29, 1.82) is 0 Å². The van der Waals surface area contributed by atoms with Gasteiger partial charge in [0.05, 0.1) is 27.2 Å². The molecule has 1 N–H and O–H groups in total. The molecular formula is C25H19BrClN2O4S-. The van der Waals surface area contributed by atoms with Gasteiger partial charge >= 0.3 is 0 Å². The molecule has 3 aromatic rings. The number of carboxylic acid groups (broad SMARTS) is 1. The van der Waals surface area contributed by atoms with Gasteiger partial charge in [-0.3, -0.25) is 10.1 Å². The molecule has 1 heterocycles. The number of hydrogen-bond donors (Lipinski definition) is 1. The van der Waals surface area contributed by atoms with Crippen LogP contribution in [0.1, 0.15) is 39.9 Å². The van der Waals surface area contributed by atoms with E-state index in [1.54, 1.807) is 24.3 Å². The summed E-state index contributed by atoms with van der Waals surface area (Å²) in [5, 5.41) is 26.5. The zero-order valence-corrected chi connectivity index (χ0v) is 20.8. The van der Waals surface area contributed by atoms with Gasteiger partial charge in [-0.1, -0.05) is 58.4 Å². The number of nitrogens with one attached hydrogen (secondary N) is 1. The number of thioether (sulfide) groups is 1. The summed E-state index contributed by atoms with van der Waals surface area (Å²) in [5.41, 5.74) is 2.57. The number of benzene rings is 3. The van der Waals surface area contributed by atoms with E-state index in [-0.39, 0.29) is 44.7 Å². The fourth-order valence-electron chi connectivity index (χ4n) is 5.21. The molecule has 0 bridgehead atoms. The molecule has 1 aliphatic carbocycles. The number of para-hydroxylation sites is 2. The Balaban J connectivity index is 1.58. The van der Waals surface area contributed by atoms with E-state index >= 15 is 0 Å². The number of hydrogen-bond acceptors (Lipinski definition) is 6. The van der Waals surface area contributed by atoms with Crippen LogP contribution in [0.2, 0.25) is 0 Å². The maximum Gasteiger partial charge on any atom is 0.282 e. The average molecular weight is 559 g/mol. The number of carbonyl (C=O) groups excluding carboxylic acids is 1. The Kier molecular flexibility index (Phi) is 6.31. The van der Waals surface area contributed by atoms with Crippen LogP contribution in [-0.2, 0) is 0 Å². The van der Waals surface area contributed by atoms with Gasteiger partial charge in [-0.25, -0.2) is 0 Å². The van der Waals surface area contributed by atoms with E-state index in [1.165, 1.54) is 23.9 Å². The van der Waals surface area contributed by atoms with Crippen LogP contribution in [0.3, 0.4) is 0 Å². The van der Waals surface area contributed by atoms with Crippen LogP contribution in [-0.4, -0.2) is 21.5 Å². The molecule has 1 aliphatic heterocycles. The molecule has 5 rings (SSSR count). The van der Waals surface area contributed by atoms with Crippen LogP contribution in [0.5, 0.6) is 0 Å². The first-order valence-corrected chi connectivity index (χ1v) is 12.9. The van der Waals surface area contributed by atoms with E-state index in [0.717, 1.165) is 15.6 Å². The second kappa shape index (κ2) is 9.24. The van der Waals surface area contributed by atoms with Gasteiger partial charge in [-0.05, 0) is 41.7 Å². The number of anilines is 1. The van der Waals surface area contributed by atoms with Crippen molar-refractivity contribution in [2.45, 2.75) is 33.9 Å². The number of nitro groups is 1. The Morgan fingerprint density at radius 3 is 2.62 bits per heavy atom. The summed E-state index contributed by atoms with van der Waals surface area (Å²) < 4.78 is 0.925. The van der Waals surface area contributed by atoms with E-state index in [4.69, 9.17) is 11.6 Å². The van der Waals surface area contributed by atoms with Gasteiger partial charge in [0.1, 0.15) is 0 Å². The molecule has 5 atom stereocenters. The summed E-state index contributed by atoms with van der Waals surface area (Å²) in [6, 6.07) is 19.6. The number of rotatable bonds is 5. The summed E-state index contributed by atoms with van der Waals surface area (Å²) in [6.07, 6.45) is 0.717. The van der Waals surface area contributed by atoms with Crippen LogP contribution < -0.4 is 10.4 Å². The molecule has 0 saturated heterocycles. The zero-order valence-electron chi connectivity index (χ0n) is 17.7. The van der Waals surface area contributed by atoms with Gasteiger partial charge in [-0.15, -0.1) is 23.4 Å². The van der Waals surface area contributed by atoms with Crippen molar-refractivity contribution in [1.82, 2.24) is 0 Å². The maximum atomic E-state index is 11.9. The highest BCUT2D eigenvalue weighted by Crippen LogP contribution is 2.58. The van der Waals surface area contributed by atoms with E-state index in [0.29, 0.717) is 17.0 Å². The summed E-state index contributed by atoms with van der Waals surface area (Å²) in [5.74, 6) is -1.30. The fourth-order valence-corrected chi connectivity index (χ4v) is 7.58. The summed E-state index contributed by atoms with van der Waals surface area (Å²) >= 11 is 12.0. The smallest absolute Gasteiger partial charge is 0.282 e. The monoisotopic (exact) mass is 557 g/mol. The van der Waals surface area contributed by atoms with Crippen molar-refractivity contribution in [2.24, 2.45) is 5.92 Å². The van der Waals surface area contributed by atoms with Gasteiger partial charge in [0.2, 0.25) is 0 Å². The predicted molar refractivity (Wildman–Crippen MR) is 135 cm³/mol. The quantitative estimate of drug-likeness (QED) is 0.243. The highest BCUT2D eigenvalue weighted by atomic mass is 79.9. The lowest BCUT2D eigenvalue weighted by molar-refractivity contribution is -0.387. The minimum atomic E-state index is -1.24. The lowest BCUT2D eigenvalue weighted by Crippen LogP contribution is -2.33. The molecule has 0 unspecified atom stereocenters. The third kappa shape index (κ3) is 4.08. The lowest BCUT2D eigenvalue weighted by Gasteiger charge is -2.39. The third-order valence-corrected chi connectivity index (χ3v) is 9.22. The number of fused-ring (bicyclic) bond motifs is 3. The molecule has 0 amide bonds. The van der Waals surface area contributed by atoms with Gasteiger partial charge < -0.3 is 15.2 Å². The molecule has 174 valence electrons. The highest BCUT2D eigenvalue weighted by Gasteiger charge is 2.50. The summed E-state index contributed by atoms with van der Waals surface area (Å²) in [7, 11) is 0. The topological polar surface area (TPSA) is 95.3 Å². The average Bonchev–Trinajstić information content (AvgIpc) is 3.14. The second-order valence-corrected chi connectivity index (χ2v) is 11.2. The molecule has 9 heteroatoms. The largest absolute Gasteiger partial charge is 0.545 e.